The molecular weight excluding hydrogens is 823 g/mol. The first-order chi connectivity index (χ1) is 31.0. The van der Waals surface area contributed by atoms with Crippen LogP contribution in [0.1, 0.15) is 104 Å². The van der Waals surface area contributed by atoms with Gasteiger partial charge < -0.3 is 49.6 Å². The maximum atomic E-state index is 14.7. The molecule has 2 aliphatic heterocycles. The highest BCUT2D eigenvalue weighted by Gasteiger charge is 2.62. The second-order valence-electron chi connectivity index (χ2n) is 18.6. The van der Waals surface area contributed by atoms with Crippen molar-refractivity contribution in [2.24, 2.45) is 17.8 Å². The molecule has 2 saturated heterocycles. The van der Waals surface area contributed by atoms with Gasteiger partial charge >= 0.3 is 12.1 Å². The number of ether oxygens (including phenoxy) is 5. The van der Waals surface area contributed by atoms with Crippen LogP contribution in [0.3, 0.4) is 0 Å². The van der Waals surface area contributed by atoms with Crippen molar-refractivity contribution in [3.8, 4) is 17.3 Å². The summed E-state index contributed by atoms with van der Waals surface area (Å²) in [5.74, 6) is 1.18. The van der Waals surface area contributed by atoms with Crippen LogP contribution in [0.25, 0.3) is 16.7 Å². The number of hydrogen-bond donors (Lipinski definition) is 4. The Kier molecular flexibility index (Phi) is 14.4. The van der Waals surface area contributed by atoms with Crippen molar-refractivity contribution in [1.29, 1.82) is 0 Å². The molecule has 0 bridgehead atoms. The average molecular weight is 888 g/mol. The van der Waals surface area contributed by atoms with Gasteiger partial charge in [-0.3, -0.25) is 9.59 Å². The van der Waals surface area contributed by atoms with Crippen LogP contribution in [0.15, 0.2) is 36.5 Å². The van der Waals surface area contributed by atoms with Crippen LogP contribution in [0.2, 0.25) is 0 Å². The van der Waals surface area contributed by atoms with Crippen molar-refractivity contribution in [2.75, 3.05) is 44.9 Å². The number of rotatable bonds is 17. The topological polar surface area (TPSA) is 205 Å². The number of carboxylic acid groups (broad SMARTS) is 1. The molecular formula is C47H65N7O10. The SMILES string of the molecule is CCCOCCOCCOc1ccc2c(O[C@@H]3C[C@H]4C(=O)N[C@]5(C(=O)O)C[C@H]5CCCCCCC[C@H](NC(=O)OC5C[C@@H]6C[C@@H]6C5)C(=O)N4C3)cc(-n3ccc(NC(C)C)n3)nc2c1. The lowest BCUT2D eigenvalue weighted by molar-refractivity contribution is -0.146. The molecule has 3 aliphatic carbocycles. The van der Waals surface area contributed by atoms with Gasteiger partial charge in [0, 0.05) is 48.9 Å². The van der Waals surface area contributed by atoms with Gasteiger partial charge in [-0.2, -0.15) is 0 Å². The Bertz CT molecular complexity index is 2120. The van der Waals surface area contributed by atoms with Crippen molar-refractivity contribution in [2.45, 2.75) is 140 Å². The molecule has 5 aliphatic rings. The molecule has 2 aromatic heterocycles. The van der Waals surface area contributed by atoms with Crippen molar-refractivity contribution >= 4 is 40.6 Å². The van der Waals surface area contributed by atoms with E-state index in [2.05, 4.69) is 22.9 Å². The number of aliphatic carboxylic acids is 1. The summed E-state index contributed by atoms with van der Waals surface area (Å²) in [6, 6.07) is 7.32. The van der Waals surface area contributed by atoms with Crippen LogP contribution >= 0.6 is 0 Å². The van der Waals surface area contributed by atoms with Gasteiger partial charge in [0.25, 0.3) is 0 Å². The third-order valence-corrected chi connectivity index (χ3v) is 13.3. The zero-order valence-electron chi connectivity index (χ0n) is 37.4. The van der Waals surface area contributed by atoms with Gasteiger partial charge in [-0.1, -0.05) is 39.0 Å². The van der Waals surface area contributed by atoms with E-state index in [4.69, 9.17) is 33.8 Å². The minimum absolute atomic E-state index is 0.0215. The quantitative estimate of drug-likeness (QED) is 0.115. The van der Waals surface area contributed by atoms with Crippen molar-refractivity contribution in [1.82, 2.24) is 30.3 Å². The second kappa shape index (κ2) is 20.3. The fourth-order valence-corrected chi connectivity index (χ4v) is 9.79. The Hall–Kier alpha value is -5.16. The number of benzene rings is 1. The third kappa shape index (κ3) is 11.0. The molecule has 17 nitrogen and oxygen atoms in total. The summed E-state index contributed by atoms with van der Waals surface area (Å²) in [6.07, 6.45) is 9.90. The molecule has 4 N–H and O–H groups in total. The van der Waals surface area contributed by atoms with Gasteiger partial charge in [0.05, 0.1) is 31.9 Å². The van der Waals surface area contributed by atoms with Crippen LogP contribution in [0.4, 0.5) is 10.6 Å². The Balaban J connectivity index is 1.05. The monoisotopic (exact) mass is 887 g/mol. The minimum atomic E-state index is -1.38. The van der Waals surface area contributed by atoms with E-state index in [1.807, 2.05) is 38.1 Å². The number of carbonyl (C=O) groups excluding carboxylic acids is 3. The number of carboxylic acids is 1. The molecule has 1 aromatic carbocycles. The molecule has 3 saturated carbocycles. The van der Waals surface area contributed by atoms with E-state index in [1.165, 1.54) is 11.3 Å². The first kappa shape index (κ1) is 45.4. The van der Waals surface area contributed by atoms with E-state index in [9.17, 15) is 24.3 Å². The lowest BCUT2D eigenvalue weighted by Crippen LogP contribution is -2.56. The molecule has 1 unspecified atom stereocenters. The molecule has 8 atom stereocenters. The number of pyridine rings is 1. The van der Waals surface area contributed by atoms with Crippen LogP contribution in [0.5, 0.6) is 11.5 Å². The van der Waals surface area contributed by atoms with Gasteiger partial charge in [0.15, 0.2) is 5.82 Å². The lowest BCUT2D eigenvalue weighted by atomic mass is 10.0. The Labute approximate surface area is 374 Å². The van der Waals surface area contributed by atoms with E-state index in [0.717, 1.165) is 44.9 Å². The standard InChI is InChI=1S/C47H65N7O10/c1-4-16-60-17-18-61-19-20-62-33-12-13-36-38(24-33)49-42(54-15-14-41(52-54)48-29(2)3)26-40(36)63-35-25-39-43(55)51-47(45(57)58)27-32(47)10-8-6-5-7-9-11-37(44(56)53(39)28-35)50-46(59)64-34-22-30-21-31(30)23-34/h12-15,24,26,29-32,34-35,37,39H,4-11,16-23,25,27-28H2,1-3H3,(H,48,52)(H,50,59)(H,51,55)(H,57,58)/t30-,31+,32-,34?,35-,37+,39+,47-/m1/s1. The fraction of sp³-hybridized carbons (Fsp3) is 0.660. The second-order valence-corrected chi connectivity index (χ2v) is 18.6. The number of carbonyl (C=O) groups is 4. The summed E-state index contributed by atoms with van der Waals surface area (Å²) in [7, 11) is 0. The molecule has 3 aromatic rings. The first-order valence-electron chi connectivity index (χ1n) is 23.5. The predicted molar refractivity (Wildman–Crippen MR) is 237 cm³/mol. The molecule has 64 heavy (non-hydrogen) atoms. The van der Waals surface area contributed by atoms with Crippen LogP contribution < -0.4 is 25.4 Å². The summed E-state index contributed by atoms with van der Waals surface area (Å²) in [5, 5.41) is 24.9. The summed E-state index contributed by atoms with van der Waals surface area (Å²) in [5.41, 5.74) is -0.813. The fourth-order valence-electron chi connectivity index (χ4n) is 9.79. The molecule has 17 heteroatoms. The summed E-state index contributed by atoms with van der Waals surface area (Å²) in [6.45, 7) is 8.53. The number of aromatic nitrogens is 3. The van der Waals surface area contributed by atoms with E-state index < -0.39 is 47.6 Å². The maximum Gasteiger partial charge on any atom is 0.408 e. The molecule has 8 rings (SSSR count). The summed E-state index contributed by atoms with van der Waals surface area (Å²) >= 11 is 0. The van der Waals surface area contributed by atoms with Crippen molar-refractivity contribution < 1.29 is 48.0 Å². The van der Waals surface area contributed by atoms with E-state index >= 15 is 0 Å². The molecule has 0 radical (unpaired) electrons. The van der Waals surface area contributed by atoms with E-state index in [-0.39, 0.29) is 31.0 Å². The maximum absolute atomic E-state index is 14.7. The number of alkyl carbamates (subject to hydrolysis) is 1. The third-order valence-electron chi connectivity index (χ3n) is 13.3. The summed E-state index contributed by atoms with van der Waals surface area (Å²) in [4.78, 5) is 61.6. The van der Waals surface area contributed by atoms with E-state index in [0.29, 0.717) is 105 Å². The molecule has 348 valence electrons. The summed E-state index contributed by atoms with van der Waals surface area (Å²) < 4.78 is 31.5. The van der Waals surface area contributed by atoms with E-state index in [1.54, 1.807) is 16.9 Å². The number of nitrogens with one attached hydrogen (secondary N) is 3. The number of fused-ring (bicyclic) bond motifs is 4. The van der Waals surface area contributed by atoms with Crippen molar-refractivity contribution in [3.05, 3.63) is 36.5 Å². The highest BCUT2D eigenvalue weighted by molar-refractivity contribution is 5.96. The number of amides is 3. The Morgan fingerprint density at radius 1 is 0.922 bits per heavy atom. The first-order valence-corrected chi connectivity index (χ1v) is 23.5. The molecule has 4 heterocycles. The zero-order valence-corrected chi connectivity index (χ0v) is 37.4. The van der Waals surface area contributed by atoms with Crippen molar-refractivity contribution in [3.63, 3.8) is 0 Å². The van der Waals surface area contributed by atoms with Gasteiger partial charge in [0.1, 0.15) is 53.8 Å². The largest absolute Gasteiger partial charge is 0.491 e. The minimum Gasteiger partial charge on any atom is -0.491 e. The highest BCUT2D eigenvalue weighted by Crippen LogP contribution is 2.52. The predicted octanol–water partition coefficient (Wildman–Crippen LogP) is 6.01. The molecule has 5 fully saturated rings. The highest BCUT2D eigenvalue weighted by atomic mass is 16.6. The van der Waals surface area contributed by atoms with Gasteiger partial charge in [-0.05, 0) is 88.7 Å². The van der Waals surface area contributed by atoms with Gasteiger partial charge in [-0.15, -0.1) is 5.10 Å². The number of anilines is 1. The van der Waals surface area contributed by atoms with Crippen LogP contribution in [-0.2, 0) is 28.6 Å². The van der Waals surface area contributed by atoms with Crippen LogP contribution in [0, 0.1) is 17.8 Å². The van der Waals surface area contributed by atoms with Crippen LogP contribution in [-0.4, -0.2) is 124 Å². The van der Waals surface area contributed by atoms with Gasteiger partial charge in [-0.25, -0.2) is 19.3 Å². The molecule has 3 amide bonds. The Morgan fingerprint density at radius 2 is 1.67 bits per heavy atom. The normalized spacial score (nSPS) is 28.0. The number of hydrogen-bond acceptors (Lipinski definition) is 12. The number of nitrogens with zero attached hydrogens (tertiary/aromatic N) is 4. The smallest absolute Gasteiger partial charge is 0.408 e. The van der Waals surface area contributed by atoms with Gasteiger partial charge in [0.2, 0.25) is 11.8 Å². The average Bonchev–Trinajstić information content (AvgIpc) is 3.91. The zero-order chi connectivity index (χ0) is 44.8. The Morgan fingerprint density at radius 3 is 2.44 bits per heavy atom. The lowest BCUT2D eigenvalue weighted by Gasteiger charge is -2.29. The molecule has 0 spiro atoms.